The van der Waals surface area contributed by atoms with Gasteiger partial charge in [-0.15, -0.1) is 0 Å². The molecule has 0 aromatic carbocycles. The SMILES string of the molecule is CCO[13C](=O)[13CH2][S+](C)C.[Br-]. The Bertz CT molecular complexity index is 95.7. The predicted octanol–water partition coefficient (Wildman–Crippen LogP) is -2.57. The van der Waals surface area contributed by atoms with Crippen LogP contribution >= 0.6 is 0 Å². The molecule has 0 N–H and O–H groups in total. The van der Waals surface area contributed by atoms with Gasteiger partial charge in [0, 0.05) is 0 Å². The van der Waals surface area contributed by atoms with E-state index in [2.05, 4.69) is 0 Å². The zero-order valence-corrected chi connectivity index (χ0v) is 8.92. The summed E-state index contributed by atoms with van der Waals surface area (Å²) < 4.78 is 4.72. The molecule has 0 heterocycles. The first-order valence-corrected chi connectivity index (χ1v) is 5.07. The van der Waals surface area contributed by atoms with Crippen LogP contribution in [0.3, 0.4) is 0 Å². The van der Waals surface area contributed by atoms with Crippen LogP contribution in [0.25, 0.3) is 0 Å². The van der Waals surface area contributed by atoms with Gasteiger partial charge in [-0.1, -0.05) is 0 Å². The van der Waals surface area contributed by atoms with Gasteiger partial charge in [-0.2, -0.15) is 0 Å². The van der Waals surface area contributed by atoms with Crippen molar-refractivity contribution in [3.63, 3.8) is 0 Å². The fourth-order valence-electron chi connectivity index (χ4n) is 0.438. The zero-order valence-electron chi connectivity index (χ0n) is 6.52. The van der Waals surface area contributed by atoms with E-state index in [0.29, 0.717) is 12.4 Å². The van der Waals surface area contributed by atoms with Crippen LogP contribution in [0.1, 0.15) is 6.92 Å². The van der Waals surface area contributed by atoms with Gasteiger partial charge in [-0.25, -0.2) is 4.79 Å². The van der Waals surface area contributed by atoms with E-state index in [1.165, 1.54) is 0 Å². The molecule has 0 aromatic rings. The van der Waals surface area contributed by atoms with E-state index in [1.54, 1.807) is 0 Å². The molecule has 0 aliphatic carbocycles. The van der Waals surface area contributed by atoms with E-state index in [1.807, 2.05) is 19.4 Å². The molecule has 0 aromatic heterocycles. The Balaban J connectivity index is 0. The maximum atomic E-state index is 10.6. The molecule has 0 bridgehead atoms. The fraction of sp³-hybridized carbons (Fsp3) is 0.833. The van der Waals surface area contributed by atoms with Crippen molar-refractivity contribution in [2.45, 2.75) is 6.92 Å². The van der Waals surface area contributed by atoms with Gasteiger partial charge >= 0.3 is 5.97 Å². The average Bonchev–Trinajstić information content (AvgIpc) is 1.63. The maximum Gasteiger partial charge on any atom is 0.356 e. The van der Waals surface area contributed by atoms with Crippen molar-refractivity contribution >= 4 is 16.9 Å². The normalized spacial score (nSPS) is 8.80. The Kier molecular flexibility index (Phi) is 9.58. The second kappa shape index (κ2) is 7.41. The Morgan fingerprint density at radius 2 is 2.00 bits per heavy atom. The van der Waals surface area contributed by atoms with Gasteiger partial charge in [0.2, 0.25) is 5.75 Å². The van der Waals surface area contributed by atoms with Crippen LogP contribution in [0.15, 0.2) is 0 Å². The molecular weight excluding hydrogens is 218 g/mol. The van der Waals surface area contributed by atoms with E-state index in [9.17, 15) is 4.79 Å². The molecule has 0 amide bonds. The van der Waals surface area contributed by atoms with E-state index < -0.39 is 0 Å². The standard InChI is InChI=1S/C6H13O2S.BrH/c1-4-8-6(7)5-9(2)3;/h4-5H2,1-3H3;1H/q+1;/p-1/i5+1,6+1;. The average molecular weight is 231 g/mol. The van der Waals surface area contributed by atoms with Crippen LogP contribution in [-0.2, 0) is 20.4 Å². The molecule has 0 aliphatic heterocycles. The van der Waals surface area contributed by atoms with Gasteiger partial charge in [0.1, 0.15) is 0 Å². The molecule has 0 aliphatic rings. The number of hydrogen-bond acceptors (Lipinski definition) is 2. The van der Waals surface area contributed by atoms with Crippen molar-refractivity contribution in [3.05, 3.63) is 0 Å². The highest BCUT2D eigenvalue weighted by Gasteiger charge is 2.10. The Morgan fingerprint density at radius 3 is 2.30 bits per heavy atom. The summed E-state index contributed by atoms with van der Waals surface area (Å²) in [5, 5.41) is 0. The van der Waals surface area contributed by atoms with Crippen LogP contribution < -0.4 is 17.0 Å². The number of halogens is 1. The molecule has 0 spiro atoms. The lowest BCUT2D eigenvalue weighted by Crippen LogP contribution is -3.00. The van der Waals surface area contributed by atoms with Gasteiger partial charge in [0.05, 0.1) is 19.1 Å². The Labute approximate surface area is 75.4 Å². The van der Waals surface area contributed by atoms with E-state index >= 15 is 0 Å². The number of carbonyl (C=O) groups is 1. The number of carbonyl (C=O) groups excluding carboxylic acids is 1. The lowest BCUT2D eigenvalue weighted by atomic mass is 10.9. The number of esters is 1. The molecule has 0 unspecified atom stereocenters. The first-order valence-electron chi connectivity index (χ1n) is 2.86. The molecule has 10 heavy (non-hydrogen) atoms. The monoisotopic (exact) mass is 230 g/mol. The first-order chi connectivity index (χ1) is 4.16. The van der Waals surface area contributed by atoms with Crippen molar-refractivity contribution in [2.75, 3.05) is 24.9 Å². The van der Waals surface area contributed by atoms with Crippen LogP contribution in [0.5, 0.6) is 0 Å². The van der Waals surface area contributed by atoms with Crippen molar-refractivity contribution in [1.29, 1.82) is 0 Å². The second-order valence-electron chi connectivity index (χ2n) is 1.93. The summed E-state index contributed by atoms with van der Waals surface area (Å²) in [6.45, 7) is 2.32. The lowest BCUT2D eigenvalue weighted by molar-refractivity contribution is -0.139. The topological polar surface area (TPSA) is 26.3 Å². The summed E-state index contributed by atoms with van der Waals surface area (Å²) in [5.41, 5.74) is 0. The zero-order chi connectivity index (χ0) is 7.28. The largest absolute Gasteiger partial charge is 1.00 e. The van der Waals surface area contributed by atoms with Crippen molar-refractivity contribution < 1.29 is 26.5 Å². The molecular formula is C6H13BrO2S. The molecule has 0 radical (unpaired) electrons. The summed E-state index contributed by atoms with van der Waals surface area (Å²) >= 11 is 0. The molecule has 0 saturated heterocycles. The summed E-state index contributed by atoms with van der Waals surface area (Å²) in [7, 11) is 0.178. The summed E-state index contributed by atoms with van der Waals surface area (Å²) in [6, 6.07) is 0. The molecule has 62 valence electrons. The summed E-state index contributed by atoms with van der Waals surface area (Å²) in [6.07, 6.45) is 4.05. The second-order valence-corrected chi connectivity index (χ2v) is 4.19. The quantitative estimate of drug-likeness (QED) is 0.303. The molecule has 4 heteroatoms. The van der Waals surface area contributed by atoms with E-state index in [0.717, 1.165) is 0 Å². The molecule has 2 nitrogen and oxygen atoms in total. The van der Waals surface area contributed by atoms with E-state index in [-0.39, 0.29) is 33.8 Å². The predicted molar refractivity (Wildman–Crippen MR) is 40.7 cm³/mol. The highest BCUT2D eigenvalue weighted by atomic mass is 79.9. The van der Waals surface area contributed by atoms with E-state index in [4.69, 9.17) is 4.74 Å². The van der Waals surface area contributed by atoms with Gasteiger partial charge in [0.25, 0.3) is 0 Å². The van der Waals surface area contributed by atoms with Crippen molar-refractivity contribution in [2.24, 2.45) is 0 Å². The van der Waals surface area contributed by atoms with Gasteiger partial charge < -0.3 is 21.7 Å². The van der Waals surface area contributed by atoms with Crippen LogP contribution in [0, 0.1) is 0 Å². The fourth-order valence-corrected chi connectivity index (χ4v) is 0.993. The minimum Gasteiger partial charge on any atom is -1.00 e. The molecule has 0 atom stereocenters. The first kappa shape index (κ1) is 12.9. The highest BCUT2D eigenvalue weighted by Crippen LogP contribution is 1.86. The van der Waals surface area contributed by atoms with Crippen molar-refractivity contribution in [3.8, 4) is 0 Å². The minimum absolute atomic E-state index is 0. The van der Waals surface area contributed by atoms with Gasteiger partial charge in [-0.05, 0) is 17.8 Å². The van der Waals surface area contributed by atoms with Crippen LogP contribution in [0.2, 0.25) is 0 Å². The number of hydrogen-bond donors (Lipinski definition) is 0. The van der Waals surface area contributed by atoms with Crippen LogP contribution in [0.4, 0.5) is 0 Å². The molecule has 0 fully saturated rings. The van der Waals surface area contributed by atoms with Gasteiger partial charge in [0.15, 0.2) is 0 Å². The molecule has 0 rings (SSSR count). The summed E-state index contributed by atoms with van der Waals surface area (Å²) in [5.74, 6) is 0.485. The van der Waals surface area contributed by atoms with Gasteiger partial charge in [-0.3, -0.25) is 0 Å². The highest BCUT2D eigenvalue weighted by molar-refractivity contribution is 7.96. The third-order valence-corrected chi connectivity index (χ3v) is 1.52. The third kappa shape index (κ3) is 8.30. The smallest absolute Gasteiger partial charge is 0.356 e. The third-order valence-electron chi connectivity index (χ3n) is 0.712. The Hall–Kier alpha value is 0.300. The maximum absolute atomic E-state index is 10.6. The number of ether oxygens (including phenoxy) is 1. The van der Waals surface area contributed by atoms with Crippen molar-refractivity contribution in [1.82, 2.24) is 0 Å². The Morgan fingerprint density at radius 1 is 1.50 bits per heavy atom. The summed E-state index contributed by atoms with van der Waals surface area (Å²) in [4.78, 5) is 10.6. The number of rotatable bonds is 3. The van der Waals surface area contributed by atoms with Crippen LogP contribution in [-0.4, -0.2) is 30.8 Å². The lowest BCUT2D eigenvalue weighted by Gasteiger charge is -1.97. The minimum atomic E-state index is -0.0779. The molecule has 0 saturated carbocycles.